The van der Waals surface area contributed by atoms with Gasteiger partial charge >= 0.3 is 0 Å². The molecule has 6 heteroatoms. The summed E-state index contributed by atoms with van der Waals surface area (Å²) >= 11 is 0. The van der Waals surface area contributed by atoms with E-state index in [9.17, 15) is 18.6 Å². The molecule has 0 aromatic heterocycles. The van der Waals surface area contributed by atoms with Gasteiger partial charge in [-0.2, -0.15) is 0 Å². The van der Waals surface area contributed by atoms with Gasteiger partial charge in [0.1, 0.15) is 0 Å². The normalized spacial score (nSPS) is 46.7. The summed E-state index contributed by atoms with van der Waals surface area (Å²) in [5.41, 5.74) is 0.525. The Kier molecular flexibility index (Phi) is 8.11. The molecule has 4 saturated carbocycles. The zero-order valence-corrected chi connectivity index (χ0v) is 24.0. The predicted molar refractivity (Wildman–Crippen MR) is 142 cm³/mol. The monoisotopic (exact) mass is 511 g/mol. The predicted octanol–water partition coefficient (Wildman–Crippen LogP) is 5.36. The maximum atomic E-state index is 12.1. The molecule has 0 bridgehead atoms. The molecule has 0 radical (unpaired) electrons. The fourth-order valence-electron chi connectivity index (χ4n) is 9.94. The van der Waals surface area contributed by atoms with Gasteiger partial charge in [-0.05, 0) is 124 Å². The third-order valence-corrected chi connectivity index (χ3v) is 13.8. The molecule has 0 saturated heterocycles. The molecule has 0 amide bonds. The number of aliphatic hydroxyl groups excluding tert-OH is 2. The highest BCUT2D eigenvalue weighted by Gasteiger charge is 2.64. The minimum atomic E-state index is -3.19. The molecule has 5 nitrogen and oxygen atoms in total. The van der Waals surface area contributed by atoms with Crippen molar-refractivity contribution in [2.24, 2.45) is 52.3 Å². The molecule has 0 heterocycles. The van der Waals surface area contributed by atoms with Crippen LogP contribution in [0.5, 0.6) is 0 Å². The minimum absolute atomic E-state index is 0.193. The van der Waals surface area contributed by atoms with E-state index < -0.39 is 10.0 Å². The van der Waals surface area contributed by atoms with Gasteiger partial charge < -0.3 is 10.2 Å². The molecule has 35 heavy (non-hydrogen) atoms. The summed E-state index contributed by atoms with van der Waals surface area (Å²) in [6.07, 6.45) is 10.4. The summed E-state index contributed by atoms with van der Waals surface area (Å²) in [5.74, 6) is 3.54. The fourth-order valence-corrected chi connectivity index (χ4v) is 10.7. The van der Waals surface area contributed by atoms with Crippen LogP contribution in [0.15, 0.2) is 0 Å². The van der Waals surface area contributed by atoms with E-state index in [4.69, 9.17) is 0 Å². The molecule has 4 rings (SSSR count). The number of aliphatic hydroxyl groups is 2. The highest BCUT2D eigenvalue weighted by atomic mass is 32.2. The molecule has 4 fully saturated rings. The van der Waals surface area contributed by atoms with Crippen molar-refractivity contribution in [3.05, 3.63) is 0 Å². The Balaban J connectivity index is 1.47. The Morgan fingerprint density at radius 2 is 1.60 bits per heavy atom. The number of rotatable bonds is 8. The molecule has 0 aromatic rings. The van der Waals surface area contributed by atoms with Crippen molar-refractivity contribution in [2.45, 2.75) is 123 Å². The van der Waals surface area contributed by atoms with Gasteiger partial charge in [-0.3, -0.25) is 0 Å². The summed E-state index contributed by atoms with van der Waals surface area (Å²) in [6, 6.07) is 0. The van der Waals surface area contributed by atoms with Crippen molar-refractivity contribution in [3.63, 3.8) is 0 Å². The van der Waals surface area contributed by atoms with E-state index in [0.717, 1.165) is 38.5 Å². The van der Waals surface area contributed by atoms with Crippen LogP contribution in [0, 0.1) is 52.3 Å². The lowest BCUT2D eigenvalue weighted by Crippen LogP contribution is -2.62. The molecule has 3 N–H and O–H groups in total. The van der Waals surface area contributed by atoms with Crippen LogP contribution in [0.4, 0.5) is 0 Å². The topological polar surface area (TPSA) is 86.6 Å². The van der Waals surface area contributed by atoms with Gasteiger partial charge in [0, 0.05) is 6.54 Å². The zero-order chi connectivity index (χ0) is 25.8. The number of fused-ring (bicyclic) bond motifs is 5. The van der Waals surface area contributed by atoms with E-state index >= 15 is 0 Å². The molecule has 204 valence electrons. The fraction of sp³-hybridized carbons (Fsp3) is 1.00. The van der Waals surface area contributed by atoms with Gasteiger partial charge in [-0.1, -0.05) is 34.1 Å². The van der Waals surface area contributed by atoms with E-state index in [2.05, 4.69) is 32.4 Å². The van der Waals surface area contributed by atoms with E-state index in [0.29, 0.717) is 48.0 Å². The summed E-state index contributed by atoms with van der Waals surface area (Å²) in [4.78, 5) is 0. The Morgan fingerprint density at radius 3 is 2.26 bits per heavy atom. The second-order valence-corrected chi connectivity index (χ2v) is 16.1. The molecule has 4 aliphatic rings. The Labute approximate surface area is 215 Å². The van der Waals surface area contributed by atoms with Crippen molar-refractivity contribution >= 4 is 10.0 Å². The molecule has 0 spiro atoms. The lowest BCUT2D eigenvalue weighted by atomic mass is 9.41. The van der Waals surface area contributed by atoms with Crippen LogP contribution in [0.1, 0.15) is 106 Å². The molecular weight excluding hydrogens is 458 g/mol. The van der Waals surface area contributed by atoms with Crippen molar-refractivity contribution in [1.82, 2.24) is 4.72 Å². The first-order chi connectivity index (χ1) is 16.4. The second-order valence-electron chi connectivity index (χ2n) is 13.7. The highest BCUT2D eigenvalue weighted by Crippen LogP contribution is 2.69. The SMILES string of the molecule is CC[C@H]1[C@@H](O)[C@@H]2[C@H](CC[C@]3(C)[C@@H]([C@H](C)CCCNS(=O)(=O)C(C)C)CC[C@@H]23)[C@@]2(C)CC[C@@H](O)C[C@@H]12. The van der Waals surface area contributed by atoms with Gasteiger partial charge in [-0.25, -0.2) is 13.1 Å². The first kappa shape index (κ1) is 27.9. The van der Waals surface area contributed by atoms with E-state index in [1.165, 1.54) is 25.7 Å². The van der Waals surface area contributed by atoms with Gasteiger partial charge in [0.15, 0.2) is 0 Å². The zero-order valence-electron chi connectivity index (χ0n) is 23.2. The lowest BCUT2D eigenvalue weighted by molar-refractivity contribution is -0.203. The third kappa shape index (κ3) is 4.76. The average molecular weight is 512 g/mol. The van der Waals surface area contributed by atoms with Crippen molar-refractivity contribution < 1.29 is 18.6 Å². The van der Waals surface area contributed by atoms with Crippen LogP contribution in [-0.4, -0.2) is 42.6 Å². The minimum Gasteiger partial charge on any atom is -0.393 e. The van der Waals surface area contributed by atoms with E-state index in [-0.39, 0.29) is 28.3 Å². The number of sulfonamides is 1. The van der Waals surface area contributed by atoms with Gasteiger partial charge in [0.25, 0.3) is 0 Å². The number of hydrogen-bond acceptors (Lipinski definition) is 4. The van der Waals surface area contributed by atoms with Crippen LogP contribution in [0.3, 0.4) is 0 Å². The van der Waals surface area contributed by atoms with Crippen LogP contribution < -0.4 is 4.72 Å². The second kappa shape index (κ2) is 10.2. The summed E-state index contributed by atoms with van der Waals surface area (Å²) in [5, 5.41) is 21.9. The summed E-state index contributed by atoms with van der Waals surface area (Å²) in [7, 11) is -3.19. The molecule has 11 atom stereocenters. The standard InChI is InChI=1S/C29H53NO4S/c1-7-21-25-17-20(31)12-14-29(25,6)24-13-15-28(5)22(10-11-23(28)26(24)27(21)32)19(4)9-8-16-30-35(33,34)18(2)3/h18-27,30-32H,7-17H2,1-6H3/t19-,20-,21-,22-,23+,24+,25+,26+,27-,28-,29-/m1/s1. The van der Waals surface area contributed by atoms with E-state index in [1.54, 1.807) is 13.8 Å². The molecular formula is C29H53NO4S. The Morgan fingerprint density at radius 1 is 0.943 bits per heavy atom. The lowest BCUT2D eigenvalue weighted by Gasteiger charge is -2.64. The van der Waals surface area contributed by atoms with E-state index in [1.807, 2.05) is 0 Å². The van der Waals surface area contributed by atoms with Crippen molar-refractivity contribution in [1.29, 1.82) is 0 Å². The highest BCUT2D eigenvalue weighted by molar-refractivity contribution is 7.90. The number of hydrogen-bond donors (Lipinski definition) is 3. The Hall–Kier alpha value is -0.170. The van der Waals surface area contributed by atoms with Crippen LogP contribution in [0.2, 0.25) is 0 Å². The molecule has 0 aromatic carbocycles. The third-order valence-electron chi connectivity index (χ3n) is 11.9. The van der Waals surface area contributed by atoms with Crippen molar-refractivity contribution in [2.75, 3.05) is 6.54 Å². The average Bonchev–Trinajstić information content (AvgIpc) is 3.15. The van der Waals surface area contributed by atoms with Crippen LogP contribution >= 0.6 is 0 Å². The summed E-state index contributed by atoms with van der Waals surface area (Å²) < 4.78 is 26.9. The maximum Gasteiger partial charge on any atom is 0.213 e. The Bertz CT molecular complexity index is 846. The number of nitrogens with one attached hydrogen (secondary N) is 1. The van der Waals surface area contributed by atoms with Crippen LogP contribution in [-0.2, 0) is 10.0 Å². The molecule has 0 unspecified atom stereocenters. The smallest absolute Gasteiger partial charge is 0.213 e. The molecule has 0 aliphatic heterocycles. The first-order valence-corrected chi connectivity index (χ1v) is 16.3. The quantitative estimate of drug-likeness (QED) is 0.383. The van der Waals surface area contributed by atoms with Crippen molar-refractivity contribution in [3.8, 4) is 0 Å². The van der Waals surface area contributed by atoms with Gasteiger partial charge in [0.05, 0.1) is 17.5 Å². The maximum absolute atomic E-state index is 12.1. The molecule has 4 aliphatic carbocycles. The van der Waals surface area contributed by atoms with Gasteiger partial charge in [-0.15, -0.1) is 0 Å². The van der Waals surface area contributed by atoms with Gasteiger partial charge in [0.2, 0.25) is 10.0 Å². The summed E-state index contributed by atoms with van der Waals surface area (Å²) in [6.45, 7) is 13.6. The largest absolute Gasteiger partial charge is 0.393 e. The van der Waals surface area contributed by atoms with Crippen LogP contribution in [0.25, 0.3) is 0 Å². The first-order valence-electron chi connectivity index (χ1n) is 14.7.